The highest BCUT2D eigenvalue weighted by Gasteiger charge is 2.18. The third-order valence-electron chi connectivity index (χ3n) is 5.31. The van der Waals surface area contributed by atoms with Crippen LogP contribution in [0.5, 0.6) is 0 Å². The van der Waals surface area contributed by atoms with Gasteiger partial charge in [-0.3, -0.25) is 9.79 Å². The lowest BCUT2D eigenvalue weighted by Gasteiger charge is -2.09. The van der Waals surface area contributed by atoms with Crippen molar-refractivity contribution in [2.75, 3.05) is 11.1 Å². The van der Waals surface area contributed by atoms with Gasteiger partial charge in [0.25, 0.3) is 0 Å². The maximum Gasteiger partial charge on any atom is 0.234 e. The minimum atomic E-state index is -0.121. The number of aliphatic imine (C=N–C) groups is 2. The Bertz CT molecular complexity index is 1230. The van der Waals surface area contributed by atoms with E-state index in [0.29, 0.717) is 17.1 Å². The van der Waals surface area contributed by atoms with Crippen molar-refractivity contribution < 1.29 is 4.79 Å². The Labute approximate surface area is 197 Å². The second kappa shape index (κ2) is 9.72. The predicted octanol–water partition coefficient (Wildman–Crippen LogP) is 7.19. The van der Waals surface area contributed by atoms with Crippen molar-refractivity contribution >= 4 is 57.1 Å². The first-order valence-corrected chi connectivity index (χ1v) is 11.8. The van der Waals surface area contributed by atoms with Crippen LogP contribution in [0.15, 0.2) is 70.6 Å². The number of para-hydroxylation sites is 1. The molecule has 3 aromatic rings. The molecule has 162 valence electrons. The number of rotatable bonds is 4. The standard InChI is InChI=1S/C26H24ClN3OS/c1-16-8-10-19(11-9-16)22-14-26(30-24-13-18(3)17(2)12-23(24)28-22)32-15-25(31)29-21-7-5-4-6-20(21)27/h4-13H,14-15H2,1-3H3,(H,29,31). The second-order valence-electron chi connectivity index (χ2n) is 7.85. The number of amides is 1. The predicted molar refractivity (Wildman–Crippen MR) is 138 cm³/mol. The summed E-state index contributed by atoms with van der Waals surface area (Å²) in [6.07, 6.45) is 0.569. The Hall–Kier alpha value is -2.89. The molecule has 32 heavy (non-hydrogen) atoms. The van der Waals surface area contributed by atoms with Crippen molar-refractivity contribution in [2.45, 2.75) is 27.2 Å². The average molecular weight is 462 g/mol. The number of thioether (sulfide) groups is 1. The molecule has 0 saturated carbocycles. The van der Waals surface area contributed by atoms with Gasteiger partial charge in [-0.05, 0) is 61.7 Å². The van der Waals surface area contributed by atoms with Crippen molar-refractivity contribution in [2.24, 2.45) is 9.98 Å². The zero-order valence-corrected chi connectivity index (χ0v) is 19.8. The number of fused-ring (bicyclic) bond motifs is 1. The monoisotopic (exact) mass is 461 g/mol. The van der Waals surface area contributed by atoms with E-state index >= 15 is 0 Å². The van der Waals surface area contributed by atoms with Crippen molar-refractivity contribution in [1.82, 2.24) is 0 Å². The molecule has 4 nitrogen and oxygen atoms in total. The van der Waals surface area contributed by atoms with Crippen LogP contribution in [-0.4, -0.2) is 22.4 Å². The summed E-state index contributed by atoms with van der Waals surface area (Å²) >= 11 is 7.59. The summed E-state index contributed by atoms with van der Waals surface area (Å²) in [5.74, 6) is 0.120. The van der Waals surface area contributed by atoms with Gasteiger partial charge in [-0.1, -0.05) is 53.6 Å². The van der Waals surface area contributed by atoms with Crippen molar-refractivity contribution in [1.29, 1.82) is 0 Å². The largest absolute Gasteiger partial charge is 0.324 e. The molecule has 0 spiro atoms. The number of aryl methyl sites for hydroxylation is 3. The van der Waals surface area contributed by atoms with Crippen LogP contribution < -0.4 is 5.32 Å². The molecule has 0 radical (unpaired) electrons. The average Bonchev–Trinajstić information content (AvgIpc) is 2.94. The molecule has 1 aliphatic heterocycles. The Morgan fingerprint density at radius 1 is 0.969 bits per heavy atom. The Balaban J connectivity index is 1.59. The van der Waals surface area contributed by atoms with Crippen LogP contribution in [0.1, 0.15) is 28.7 Å². The fourth-order valence-electron chi connectivity index (χ4n) is 3.36. The number of hydrogen-bond donors (Lipinski definition) is 1. The summed E-state index contributed by atoms with van der Waals surface area (Å²) in [5, 5.41) is 4.25. The molecule has 1 amide bonds. The molecule has 4 rings (SSSR count). The SMILES string of the molecule is Cc1ccc(C2=Nc3cc(C)c(C)cc3N=C(SCC(=O)Nc3ccccc3Cl)C2)cc1. The van der Waals surface area contributed by atoms with E-state index in [1.807, 2.05) is 12.1 Å². The van der Waals surface area contributed by atoms with E-state index < -0.39 is 0 Å². The number of hydrogen-bond acceptors (Lipinski definition) is 4. The number of anilines is 1. The molecule has 0 bridgehead atoms. The first-order chi connectivity index (χ1) is 15.4. The lowest BCUT2D eigenvalue weighted by atomic mass is 10.1. The van der Waals surface area contributed by atoms with E-state index in [1.54, 1.807) is 12.1 Å². The lowest BCUT2D eigenvalue weighted by molar-refractivity contribution is -0.113. The molecule has 0 atom stereocenters. The smallest absolute Gasteiger partial charge is 0.234 e. The number of carbonyl (C=O) groups excluding carboxylic acids is 1. The first kappa shape index (κ1) is 22.3. The van der Waals surface area contributed by atoms with E-state index in [4.69, 9.17) is 21.6 Å². The van der Waals surface area contributed by atoms with Gasteiger partial charge >= 0.3 is 0 Å². The number of nitrogens with one attached hydrogen (secondary N) is 1. The highest BCUT2D eigenvalue weighted by molar-refractivity contribution is 8.14. The van der Waals surface area contributed by atoms with Crippen LogP contribution in [0.4, 0.5) is 17.1 Å². The van der Waals surface area contributed by atoms with Gasteiger partial charge in [0.15, 0.2) is 0 Å². The molecule has 1 N–H and O–H groups in total. The molecular formula is C26H24ClN3OS. The molecule has 1 aliphatic rings. The van der Waals surface area contributed by atoms with E-state index in [9.17, 15) is 4.79 Å². The zero-order chi connectivity index (χ0) is 22.7. The number of halogens is 1. The summed E-state index contributed by atoms with van der Waals surface area (Å²) in [6, 6.07) is 19.7. The normalized spacial score (nSPS) is 13.0. The molecule has 1 heterocycles. The molecule has 0 saturated heterocycles. The van der Waals surface area contributed by atoms with E-state index in [2.05, 4.69) is 62.5 Å². The summed E-state index contributed by atoms with van der Waals surface area (Å²) in [4.78, 5) is 22.4. The van der Waals surface area contributed by atoms with E-state index in [-0.39, 0.29) is 11.7 Å². The molecule has 0 fully saturated rings. The Kier molecular flexibility index (Phi) is 6.77. The van der Waals surface area contributed by atoms with Gasteiger partial charge in [0, 0.05) is 6.42 Å². The van der Waals surface area contributed by atoms with Gasteiger partial charge in [0.2, 0.25) is 5.91 Å². The molecule has 3 aromatic carbocycles. The van der Waals surface area contributed by atoms with Crippen LogP contribution >= 0.6 is 23.4 Å². The second-order valence-corrected chi connectivity index (χ2v) is 9.30. The molecule has 0 unspecified atom stereocenters. The molecular weight excluding hydrogens is 438 g/mol. The van der Waals surface area contributed by atoms with Crippen molar-refractivity contribution in [3.05, 3.63) is 87.9 Å². The number of benzene rings is 3. The first-order valence-electron chi connectivity index (χ1n) is 10.4. The van der Waals surface area contributed by atoms with E-state index in [0.717, 1.165) is 27.7 Å². The summed E-state index contributed by atoms with van der Waals surface area (Å²) in [6.45, 7) is 6.23. The summed E-state index contributed by atoms with van der Waals surface area (Å²) < 4.78 is 0. The van der Waals surface area contributed by atoms with Crippen molar-refractivity contribution in [3.63, 3.8) is 0 Å². The highest BCUT2D eigenvalue weighted by atomic mass is 35.5. The van der Waals surface area contributed by atoms with Crippen LogP contribution in [0.2, 0.25) is 5.02 Å². The van der Waals surface area contributed by atoms with Crippen LogP contribution in [-0.2, 0) is 4.79 Å². The lowest BCUT2D eigenvalue weighted by Crippen LogP contribution is -2.16. The summed E-state index contributed by atoms with van der Waals surface area (Å²) in [5.41, 5.74) is 7.88. The topological polar surface area (TPSA) is 53.8 Å². The molecule has 0 aliphatic carbocycles. The van der Waals surface area contributed by atoms with Gasteiger partial charge in [-0.15, -0.1) is 11.8 Å². The molecule has 0 aromatic heterocycles. The highest BCUT2D eigenvalue weighted by Crippen LogP contribution is 2.36. The Morgan fingerprint density at radius 2 is 1.62 bits per heavy atom. The van der Waals surface area contributed by atoms with Gasteiger partial charge in [-0.25, -0.2) is 4.99 Å². The number of nitrogens with zero attached hydrogens (tertiary/aromatic N) is 2. The van der Waals surface area contributed by atoms with Gasteiger partial charge in [0.1, 0.15) is 0 Å². The summed E-state index contributed by atoms with van der Waals surface area (Å²) in [7, 11) is 0. The van der Waals surface area contributed by atoms with Gasteiger partial charge in [0.05, 0.1) is 38.6 Å². The minimum Gasteiger partial charge on any atom is -0.324 e. The van der Waals surface area contributed by atoms with Gasteiger partial charge < -0.3 is 5.32 Å². The third kappa shape index (κ3) is 5.29. The van der Waals surface area contributed by atoms with E-state index in [1.165, 1.54) is 28.5 Å². The van der Waals surface area contributed by atoms with Crippen LogP contribution in [0.25, 0.3) is 0 Å². The maximum absolute atomic E-state index is 12.6. The Morgan fingerprint density at radius 3 is 2.31 bits per heavy atom. The fourth-order valence-corrected chi connectivity index (χ4v) is 4.31. The third-order valence-corrected chi connectivity index (χ3v) is 6.62. The van der Waals surface area contributed by atoms with Gasteiger partial charge in [-0.2, -0.15) is 0 Å². The minimum absolute atomic E-state index is 0.121. The fraction of sp³-hybridized carbons (Fsp3) is 0.192. The number of carbonyl (C=O) groups is 1. The van der Waals surface area contributed by atoms with Crippen molar-refractivity contribution in [3.8, 4) is 0 Å². The maximum atomic E-state index is 12.6. The molecule has 6 heteroatoms. The van der Waals surface area contributed by atoms with Crippen LogP contribution in [0, 0.1) is 20.8 Å². The zero-order valence-electron chi connectivity index (χ0n) is 18.3. The quantitative estimate of drug-likeness (QED) is 0.446. The van der Waals surface area contributed by atoms with Crippen LogP contribution in [0.3, 0.4) is 0 Å².